The minimum Gasteiger partial charge on any atom is -0.454 e. The lowest BCUT2D eigenvalue weighted by atomic mass is 10.2. The minimum atomic E-state index is 0.294. The van der Waals surface area contributed by atoms with Gasteiger partial charge in [-0.25, -0.2) is 4.98 Å². The van der Waals surface area contributed by atoms with Gasteiger partial charge in [0.15, 0.2) is 11.5 Å². The van der Waals surface area contributed by atoms with Gasteiger partial charge < -0.3 is 20.1 Å². The summed E-state index contributed by atoms with van der Waals surface area (Å²) in [5.41, 5.74) is 2.04. The van der Waals surface area contributed by atoms with E-state index in [4.69, 9.17) is 9.47 Å². The number of nitrogens with zero attached hydrogens (tertiary/aromatic N) is 2. The molecule has 3 rings (SSSR count). The van der Waals surface area contributed by atoms with Crippen molar-refractivity contribution in [3.63, 3.8) is 0 Å². The minimum absolute atomic E-state index is 0.294. The number of hydrogen-bond donors (Lipinski definition) is 2. The third kappa shape index (κ3) is 4.03. The summed E-state index contributed by atoms with van der Waals surface area (Å²) in [6.07, 6.45) is 0. The SMILES string of the molecule is Cc1cc(NCc2ccc3c(c2)OCO3)nc(NCC(C)C)n1. The Balaban J connectivity index is 1.65. The van der Waals surface area contributed by atoms with Crippen LogP contribution in [0.25, 0.3) is 0 Å². The first-order valence-electron chi connectivity index (χ1n) is 7.82. The maximum atomic E-state index is 5.40. The second kappa shape index (κ2) is 6.73. The number of aryl methyl sites for hydroxylation is 1. The zero-order valence-corrected chi connectivity index (χ0v) is 13.7. The maximum absolute atomic E-state index is 5.40. The van der Waals surface area contributed by atoms with Gasteiger partial charge in [0, 0.05) is 24.8 Å². The van der Waals surface area contributed by atoms with Crippen molar-refractivity contribution in [2.45, 2.75) is 27.3 Å². The molecular formula is C17H22N4O2. The van der Waals surface area contributed by atoms with E-state index in [0.717, 1.165) is 35.1 Å². The summed E-state index contributed by atoms with van der Waals surface area (Å²) in [6, 6.07) is 7.88. The molecule has 6 heteroatoms. The molecule has 0 fully saturated rings. The van der Waals surface area contributed by atoms with E-state index in [1.54, 1.807) is 0 Å². The Morgan fingerprint density at radius 3 is 2.74 bits per heavy atom. The van der Waals surface area contributed by atoms with Crippen molar-refractivity contribution in [1.82, 2.24) is 9.97 Å². The highest BCUT2D eigenvalue weighted by molar-refractivity contribution is 5.47. The van der Waals surface area contributed by atoms with E-state index >= 15 is 0 Å². The van der Waals surface area contributed by atoms with E-state index in [9.17, 15) is 0 Å². The smallest absolute Gasteiger partial charge is 0.231 e. The Labute approximate surface area is 136 Å². The lowest BCUT2D eigenvalue weighted by Crippen LogP contribution is -2.12. The van der Waals surface area contributed by atoms with Crippen molar-refractivity contribution in [3.8, 4) is 11.5 Å². The third-order valence-electron chi connectivity index (χ3n) is 3.43. The highest BCUT2D eigenvalue weighted by Crippen LogP contribution is 2.32. The Morgan fingerprint density at radius 1 is 1.09 bits per heavy atom. The number of fused-ring (bicyclic) bond motifs is 1. The Morgan fingerprint density at radius 2 is 1.91 bits per heavy atom. The molecule has 0 radical (unpaired) electrons. The molecule has 0 bridgehead atoms. The molecule has 6 nitrogen and oxygen atoms in total. The molecule has 2 heterocycles. The molecule has 0 saturated carbocycles. The van der Waals surface area contributed by atoms with Crippen molar-refractivity contribution < 1.29 is 9.47 Å². The van der Waals surface area contributed by atoms with Crippen molar-refractivity contribution >= 4 is 11.8 Å². The number of benzene rings is 1. The molecule has 0 saturated heterocycles. The Bertz CT molecular complexity index is 688. The van der Waals surface area contributed by atoms with Crippen molar-refractivity contribution in [1.29, 1.82) is 0 Å². The van der Waals surface area contributed by atoms with E-state index < -0.39 is 0 Å². The number of nitrogens with one attached hydrogen (secondary N) is 2. The lowest BCUT2D eigenvalue weighted by Gasteiger charge is -2.11. The van der Waals surface area contributed by atoms with Crippen LogP contribution in [0.3, 0.4) is 0 Å². The molecule has 0 amide bonds. The predicted octanol–water partition coefficient (Wildman–Crippen LogP) is 3.19. The molecule has 1 aliphatic heterocycles. The average molecular weight is 314 g/mol. The van der Waals surface area contributed by atoms with Gasteiger partial charge in [-0.05, 0) is 30.5 Å². The zero-order chi connectivity index (χ0) is 16.2. The van der Waals surface area contributed by atoms with E-state index in [1.165, 1.54) is 0 Å². The fourth-order valence-electron chi connectivity index (χ4n) is 2.28. The molecule has 122 valence electrons. The van der Waals surface area contributed by atoms with Crippen LogP contribution in [0.2, 0.25) is 0 Å². The van der Waals surface area contributed by atoms with Gasteiger partial charge in [-0.2, -0.15) is 4.98 Å². The molecule has 1 aliphatic rings. The topological polar surface area (TPSA) is 68.3 Å². The van der Waals surface area contributed by atoms with E-state index in [-0.39, 0.29) is 0 Å². The Kier molecular flexibility index (Phi) is 4.50. The van der Waals surface area contributed by atoms with Gasteiger partial charge in [-0.1, -0.05) is 19.9 Å². The predicted molar refractivity (Wildman–Crippen MR) is 90.0 cm³/mol. The molecule has 23 heavy (non-hydrogen) atoms. The number of rotatable bonds is 6. The van der Waals surface area contributed by atoms with Gasteiger partial charge in [-0.3, -0.25) is 0 Å². The van der Waals surface area contributed by atoms with Crippen LogP contribution in [0.4, 0.5) is 11.8 Å². The summed E-state index contributed by atoms with van der Waals surface area (Å²) in [7, 11) is 0. The van der Waals surface area contributed by atoms with Crippen LogP contribution < -0.4 is 20.1 Å². The molecule has 1 aromatic carbocycles. The maximum Gasteiger partial charge on any atom is 0.231 e. The van der Waals surface area contributed by atoms with E-state index in [0.29, 0.717) is 25.2 Å². The third-order valence-corrected chi connectivity index (χ3v) is 3.43. The summed E-state index contributed by atoms with van der Waals surface area (Å²) in [6.45, 7) is 8.08. The summed E-state index contributed by atoms with van der Waals surface area (Å²) < 4.78 is 10.7. The normalized spacial score (nSPS) is 12.5. The molecular weight excluding hydrogens is 292 g/mol. The average Bonchev–Trinajstić information content (AvgIpc) is 2.98. The highest BCUT2D eigenvalue weighted by Gasteiger charge is 2.13. The van der Waals surface area contributed by atoms with Gasteiger partial charge in [0.1, 0.15) is 5.82 Å². The number of anilines is 2. The van der Waals surface area contributed by atoms with Gasteiger partial charge in [0.2, 0.25) is 12.7 Å². The first-order valence-corrected chi connectivity index (χ1v) is 7.82. The molecule has 0 atom stereocenters. The summed E-state index contributed by atoms with van der Waals surface area (Å²) in [4.78, 5) is 8.91. The van der Waals surface area contributed by atoms with E-state index in [2.05, 4.69) is 34.4 Å². The fraction of sp³-hybridized carbons (Fsp3) is 0.412. The fourth-order valence-corrected chi connectivity index (χ4v) is 2.28. The number of ether oxygens (including phenoxy) is 2. The van der Waals surface area contributed by atoms with Crippen LogP contribution >= 0.6 is 0 Å². The molecule has 0 unspecified atom stereocenters. The van der Waals surface area contributed by atoms with Crippen molar-refractivity contribution in [2.75, 3.05) is 24.0 Å². The summed E-state index contributed by atoms with van der Waals surface area (Å²) in [5.74, 6) is 3.60. The second-order valence-electron chi connectivity index (χ2n) is 6.03. The molecule has 2 aromatic rings. The monoisotopic (exact) mass is 314 g/mol. The second-order valence-corrected chi connectivity index (χ2v) is 6.03. The lowest BCUT2D eigenvalue weighted by molar-refractivity contribution is 0.174. The molecule has 1 aromatic heterocycles. The highest BCUT2D eigenvalue weighted by atomic mass is 16.7. The number of hydrogen-bond acceptors (Lipinski definition) is 6. The summed E-state index contributed by atoms with van der Waals surface area (Å²) >= 11 is 0. The van der Waals surface area contributed by atoms with Gasteiger partial charge in [-0.15, -0.1) is 0 Å². The summed E-state index contributed by atoms with van der Waals surface area (Å²) in [5, 5.41) is 6.59. The first kappa shape index (κ1) is 15.4. The molecule has 0 aliphatic carbocycles. The van der Waals surface area contributed by atoms with Crippen LogP contribution in [0, 0.1) is 12.8 Å². The van der Waals surface area contributed by atoms with Crippen LogP contribution in [0.1, 0.15) is 25.1 Å². The molecule has 0 spiro atoms. The Hall–Kier alpha value is -2.50. The number of aromatic nitrogens is 2. The zero-order valence-electron chi connectivity index (χ0n) is 13.7. The van der Waals surface area contributed by atoms with E-state index in [1.807, 2.05) is 31.2 Å². The van der Waals surface area contributed by atoms with Crippen molar-refractivity contribution in [2.24, 2.45) is 5.92 Å². The van der Waals surface area contributed by atoms with Crippen LogP contribution in [-0.2, 0) is 6.54 Å². The van der Waals surface area contributed by atoms with Crippen LogP contribution in [-0.4, -0.2) is 23.3 Å². The standard InChI is InChI=1S/C17H22N4O2/c1-11(2)8-19-17-20-12(3)6-16(21-17)18-9-13-4-5-14-15(7-13)23-10-22-14/h4-7,11H,8-10H2,1-3H3,(H2,18,19,20,21). The van der Waals surface area contributed by atoms with Gasteiger partial charge in [0.25, 0.3) is 0 Å². The van der Waals surface area contributed by atoms with Gasteiger partial charge in [0.05, 0.1) is 0 Å². The largest absolute Gasteiger partial charge is 0.454 e. The first-order chi connectivity index (χ1) is 11.1. The van der Waals surface area contributed by atoms with Crippen molar-refractivity contribution in [3.05, 3.63) is 35.5 Å². The van der Waals surface area contributed by atoms with Gasteiger partial charge >= 0.3 is 0 Å². The quantitative estimate of drug-likeness (QED) is 0.853. The molecule has 2 N–H and O–H groups in total. The van der Waals surface area contributed by atoms with Crippen LogP contribution in [0.15, 0.2) is 24.3 Å². The van der Waals surface area contributed by atoms with Crippen LogP contribution in [0.5, 0.6) is 11.5 Å².